The third kappa shape index (κ3) is 6.59. The Morgan fingerprint density at radius 3 is 2.29 bits per heavy atom. The van der Waals surface area contributed by atoms with Crippen LogP contribution in [0.5, 0.6) is 0 Å². The van der Waals surface area contributed by atoms with E-state index in [1.165, 1.54) is 0 Å². The van der Waals surface area contributed by atoms with Gasteiger partial charge in [-0.3, -0.25) is 4.79 Å². The molecule has 1 unspecified atom stereocenters. The lowest BCUT2D eigenvalue weighted by molar-refractivity contribution is -0.127. The minimum Gasteiger partial charge on any atom is -0.369 e. The van der Waals surface area contributed by atoms with Crippen molar-refractivity contribution in [2.75, 3.05) is 11.0 Å². The summed E-state index contributed by atoms with van der Waals surface area (Å²) in [4.78, 5) is 11.4. The molecule has 0 aliphatic carbocycles. The van der Waals surface area contributed by atoms with Crippen LogP contribution in [0.1, 0.15) is 27.7 Å². The maximum atomic E-state index is 11.4. The summed E-state index contributed by atoms with van der Waals surface area (Å²) < 4.78 is 6.15. The van der Waals surface area contributed by atoms with Gasteiger partial charge in [0.05, 0.1) is 6.10 Å². The number of alkyl halides is 1. The molecule has 0 aromatic heterocycles. The van der Waals surface area contributed by atoms with Crippen molar-refractivity contribution in [1.82, 2.24) is 5.32 Å². The van der Waals surface area contributed by atoms with Gasteiger partial charge in [0.15, 0.2) is 0 Å². The smallest absolute Gasteiger partial charge is 0.246 e. The number of ether oxygens (including phenoxy) is 1. The summed E-state index contributed by atoms with van der Waals surface area (Å²) >= 11 is 2.28. The quantitative estimate of drug-likeness (QED) is 0.601. The summed E-state index contributed by atoms with van der Waals surface area (Å²) in [7, 11) is 0. The van der Waals surface area contributed by atoms with Crippen LogP contribution < -0.4 is 5.32 Å². The number of halogens is 1. The van der Waals surface area contributed by atoms with E-state index in [4.69, 9.17) is 4.74 Å². The van der Waals surface area contributed by atoms with E-state index in [0.717, 1.165) is 4.43 Å². The largest absolute Gasteiger partial charge is 0.369 e. The zero-order chi connectivity index (χ0) is 11.1. The standard InChI is InChI=1S/C10H20INO2/c1-7(2)9(5-11)12-10(13)6-14-8(3)4/h7-9H,5-6H2,1-4H3,(H,12,13). The lowest BCUT2D eigenvalue weighted by Gasteiger charge is -2.20. The van der Waals surface area contributed by atoms with Crippen molar-refractivity contribution in [3.63, 3.8) is 0 Å². The van der Waals surface area contributed by atoms with E-state index in [1.807, 2.05) is 13.8 Å². The van der Waals surface area contributed by atoms with Gasteiger partial charge in [-0.25, -0.2) is 0 Å². The van der Waals surface area contributed by atoms with Crippen LogP contribution in [0.4, 0.5) is 0 Å². The van der Waals surface area contributed by atoms with E-state index in [2.05, 4.69) is 41.8 Å². The molecule has 0 heterocycles. The van der Waals surface area contributed by atoms with Crippen molar-refractivity contribution in [3.8, 4) is 0 Å². The Morgan fingerprint density at radius 1 is 1.36 bits per heavy atom. The highest BCUT2D eigenvalue weighted by Gasteiger charge is 2.14. The van der Waals surface area contributed by atoms with Crippen molar-refractivity contribution in [2.45, 2.75) is 39.8 Å². The molecule has 0 aromatic rings. The molecule has 1 N–H and O–H groups in total. The molecule has 0 aliphatic rings. The Hall–Kier alpha value is 0.160. The zero-order valence-electron chi connectivity index (χ0n) is 9.34. The number of carbonyl (C=O) groups is 1. The van der Waals surface area contributed by atoms with Gasteiger partial charge in [-0.15, -0.1) is 0 Å². The van der Waals surface area contributed by atoms with E-state index in [0.29, 0.717) is 5.92 Å². The first-order valence-electron chi connectivity index (χ1n) is 4.94. The molecule has 0 rings (SSSR count). The predicted molar refractivity (Wildman–Crippen MR) is 66.7 cm³/mol. The Balaban J connectivity index is 3.79. The van der Waals surface area contributed by atoms with E-state index < -0.39 is 0 Å². The molecule has 0 aromatic carbocycles. The lowest BCUT2D eigenvalue weighted by atomic mass is 10.1. The molecule has 0 aliphatic heterocycles. The van der Waals surface area contributed by atoms with Gasteiger partial charge in [0.25, 0.3) is 0 Å². The molecule has 1 amide bonds. The van der Waals surface area contributed by atoms with E-state index in [9.17, 15) is 4.79 Å². The van der Waals surface area contributed by atoms with Crippen LogP contribution in [0.3, 0.4) is 0 Å². The van der Waals surface area contributed by atoms with Gasteiger partial charge in [0.1, 0.15) is 6.61 Å². The van der Waals surface area contributed by atoms with Crippen LogP contribution in [0.25, 0.3) is 0 Å². The monoisotopic (exact) mass is 313 g/mol. The minimum atomic E-state index is -0.0194. The van der Waals surface area contributed by atoms with Gasteiger partial charge < -0.3 is 10.1 Å². The summed E-state index contributed by atoms with van der Waals surface area (Å²) in [6, 6.07) is 0.249. The molecule has 3 nitrogen and oxygen atoms in total. The molecule has 0 fully saturated rings. The molecule has 4 heteroatoms. The molecular formula is C10H20INO2. The molecule has 84 valence electrons. The van der Waals surface area contributed by atoms with Crippen molar-refractivity contribution in [1.29, 1.82) is 0 Å². The average Bonchev–Trinajstić information content (AvgIpc) is 2.10. The highest BCUT2D eigenvalue weighted by atomic mass is 127. The molecule has 0 radical (unpaired) electrons. The Morgan fingerprint density at radius 2 is 1.93 bits per heavy atom. The molecule has 0 saturated heterocycles. The Labute approximate surface area is 100 Å². The van der Waals surface area contributed by atoms with Crippen molar-refractivity contribution < 1.29 is 9.53 Å². The van der Waals surface area contributed by atoms with Crippen LogP contribution in [0.2, 0.25) is 0 Å². The Bertz CT molecular complexity index is 172. The third-order valence-corrected chi connectivity index (χ3v) is 2.81. The van der Waals surface area contributed by atoms with Gasteiger partial charge in [-0.05, 0) is 19.8 Å². The van der Waals surface area contributed by atoms with Gasteiger partial charge in [-0.2, -0.15) is 0 Å². The molecule has 14 heavy (non-hydrogen) atoms. The van der Waals surface area contributed by atoms with Gasteiger partial charge in [-0.1, -0.05) is 36.4 Å². The summed E-state index contributed by atoms with van der Waals surface area (Å²) in [5.41, 5.74) is 0. The first-order valence-corrected chi connectivity index (χ1v) is 6.46. The second-order valence-electron chi connectivity index (χ2n) is 3.93. The summed E-state index contributed by atoms with van der Waals surface area (Å²) in [5.74, 6) is 0.448. The van der Waals surface area contributed by atoms with Crippen molar-refractivity contribution >= 4 is 28.5 Å². The van der Waals surface area contributed by atoms with Gasteiger partial charge in [0.2, 0.25) is 5.91 Å². The number of hydrogen-bond donors (Lipinski definition) is 1. The van der Waals surface area contributed by atoms with Crippen LogP contribution >= 0.6 is 22.6 Å². The summed E-state index contributed by atoms with van der Waals surface area (Å²) in [5, 5.41) is 2.95. The molecule has 0 saturated carbocycles. The maximum absolute atomic E-state index is 11.4. The molecule has 1 atom stereocenters. The number of rotatable bonds is 6. The van der Waals surface area contributed by atoms with E-state index in [1.54, 1.807) is 0 Å². The predicted octanol–water partition coefficient (Wildman–Crippen LogP) is 1.99. The van der Waals surface area contributed by atoms with Crippen molar-refractivity contribution in [2.24, 2.45) is 5.92 Å². The molecular weight excluding hydrogens is 293 g/mol. The second-order valence-corrected chi connectivity index (χ2v) is 4.81. The van der Waals surface area contributed by atoms with E-state index in [-0.39, 0.29) is 24.7 Å². The number of hydrogen-bond acceptors (Lipinski definition) is 2. The lowest BCUT2D eigenvalue weighted by Crippen LogP contribution is -2.41. The highest BCUT2D eigenvalue weighted by molar-refractivity contribution is 14.1. The van der Waals surface area contributed by atoms with Crippen LogP contribution in [0.15, 0.2) is 0 Å². The van der Waals surface area contributed by atoms with Gasteiger partial charge in [0, 0.05) is 10.5 Å². The second kappa shape index (κ2) is 7.45. The van der Waals surface area contributed by atoms with E-state index >= 15 is 0 Å². The van der Waals surface area contributed by atoms with Crippen LogP contribution in [0, 0.1) is 5.92 Å². The maximum Gasteiger partial charge on any atom is 0.246 e. The summed E-state index contributed by atoms with van der Waals surface area (Å²) in [6.07, 6.45) is 0.109. The highest BCUT2D eigenvalue weighted by Crippen LogP contribution is 2.04. The first-order chi connectivity index (χ1) is 6.47. The fraction of sp³-hybridized carbons (Fsp3) is 0.900. The number of amides is 1. The topological polar surface area (TPSA) is 38.3 Å². The first kappa shape index (κ1) is 14.2. The SMILES string of the molecule is CC(C)OCC(=O)NC(CI)C(C)C. The average molecular weight is 313 g/mol. The Kier molecular flexibility index (Phi) is 7.54. The molecule has 0 bridgehead atoms. The minimum absolute atomic E-state index is 0.0194. The molecule has 0 spiro atoms. The number of carbonyl (C=O) groups excluding carboxylic acids is 1. The third-order valence-electron chi connectivity index (χ3n) is 1.87. The summed E-state index contributed by atoms with van der Waals surface area (Å²) in [6.45, 7) is 8.22. The fourth-order valence-corrected chi connectivity index (χ4v) is 2.11. The van der Waals surface area contributed by atoms with Gasteiger partial charge >= 0.3 is 0 Å². The van der Waals surface area contributed by atoms with Crippen LogP contribution in [-0.2, 0) is 9.53 Å². The fourth-order valence-electron chi connectivity index (χ4n) is 0.874. The number of nitrogens with one attached hydrogen (secondary N) is 1. The zero-order valence-corrected chi connectivity index (χ0v) is 11.5. The van der Waals surface area contributed by atoms with Crippen molar-refractivity contribution in [3.05, 3.63) is 0 Å². The van der Waals surface area contributed by atoms with Crippen LogP contribution in [-0.4, -0.2) is 29.1 Å². The normalized spacial score (nSPS) is 13.4.